The van der Waals surface area contributed by atoms with Crippen LogP contribution in [0.25, 0.3) is 0 Å². The molecule has 174 valence electrons. The fraction of sp³-hybridized carbons (Fsp3) is 0.381. The van der Waals surface area contributed by atoms with Crippen LogP contribution < -0.4 is 15.2 Å². The van der Waals surface area contributed by atoms with Crippen molar-refractivity contribution in [3.63, 3.8) is 0 Å². The molecule has 32 heavy (non-hydrogen) atoms. The van der Waals surface area contributed by atoms with E-state index >= 15 is 0 Å². The molecule has 0 aromatic heterocycles. The van der Waals surface area contributed by atoms with Crippen molar-refractivity contribution in [2.24, 2.45) is 11.1 Å². The number of ether oxygens (including phenoxy) is 1. The number of primary sulfonamides is 1. The Morgan fingerprint density at radius 1 is 1.06 bits per heavy atom. The van der Waals surface area contributed by atoms with Crippen molar-refractivity contribution in [3.8, 4) is 5.75 Å². The lowest BCUT2D eigenvalue weighted by Gasteiger charge is -2.31. The van der Waals surface area contributed by atoms with Crippen LogP contribution in [0.2, 0.25) is 0 Å². The Bertz CT molecular complexity index is 1150. The molecule has 0 saturated carbocycles. The van der Waals surface area contributed by atoms with Crippen LogP contribution in [-0.4, -0.2) is 46.7 Å². The highest BCUT2D eigenvalue weighted by atomic mass is 32.2. The molecule has 0 bridgehead atoms. The summed E-state index contributed by atoms with van der Waals surface area (Å²) in [5, 5.41) is 7.88. The van der Waals surface area contributed by atoms with Gasteiger partial charge in [-0.3, -0.25) is 4.79 Å². The van der Waals surface area contributed by atoms with E-state index in [1.54, 1.807) is 24.3 Å². The van der Waals surface area contributed by atoms with E-state index in [1.165, 1.54) is 28.6 Å². The van der Waals surface area contributed by atoms with Gasteiger partial charge in [0.2, 0.25) is 26.0 Å². The molecule has 1 fully saturated rings. The third kappa shape index (κ3) is 5.85. The van der Waals surface area contributed by atoms with Crippen LogP contribution in [0.15, 0.2) is 58.3 Å². The Morgan fingerprint density at radius 3 is 2.28 bits per heavy atom. The van der Waals surface area contributed by atoms with Crippen LogP contribution in [0, 0.1) is 5.92 Å². The number of nitrogens with zero attached hydrogens (tertiary/aromatic N) is 1. The van der Waals surface area contributed by atoms with Gasteiger partial charge in [-0.15, -0.1) is 0 Å². The summed E-state index contributed by atoms with van der Waals surface area (Å²) < 4.78 is 55.4. The highest BCUT2D eigenvalue weighted by Gasteiger charge is 2.33. The van der Waals surface area contributed by atoms with Crippen molar-refractivity contribution in [2.75, 3.05) is 19.7 Å². The number of hydrogen-bond donors (Lipinski definition) is 2. The smallest absolute Gasteiger partial charge is 0.243 e. The molecule has 11 heteroatoms. The van der Waals surface area contributed by atoms with Gasteiger partial charge in [-0.05, 0) is 61.7 Å². The van der Waals surface area contributed by atoms with Gasteiger partial charge in [-0.25, -0.2) is 22.0 Å². The number of nitrogens with one attached hydrogen (secondary N) is 1. The summed E-state index contributed by atoms with van der Waals surface area (Å²) in [7, 11) is -7.49. The number of carbonyl (C=O) groups is 1. The maximum atomic E-state index is 13.0. The van der Waals surface area contributed by atoms with Crippen molar-refractivity contribution in [2.45, 2.75) is 36.1 Å². The van der Waals surface area contributed by atoms with Gasteiger partial charge in [-0.2, -0.15) is 4.31 Å². The van der Waals surface area contributed by atoms with Gasteiger partial charge in [0.25, 0.3) is 0 Å². The average Bonchev–Trinajstić information content (AvgIpc) is 2.78. The molecule has 1 aliphatic rings. The maximum Gasteiger partial charge on any atom is 0.243 e. The van der Waals surface area contributed by atoms with Crippen LogP contribution in [-0.2, 0) is 31.4 Å². The molecular weight excluding hydrogens is 454 g/mol. The molecule has 2 aromatic rings. The van der Waals surface area contributed by atoms with Crippen molar-refractivity contribution >= 4 is 26.0 Å². The summed E-state index contributed by atoms with van der Waals surface area (Å²) in [6, 6.07) is 12.2. The molecule has 0 spiro atoms. The predicted molar refractivity (Wildman–Crippen MR) is 119 cm³/mol. The zero-order valence-corrected chi connectivity index (χ0v) is 19.4. The minimum atomic E-state index is -3.77. The Hall–Kier alpha value is -2.47. The normalized spacial score (nSPS) is 17.6. The van der Waals surface area contributed by atoms with E-state index in [2.05, 4.69) is 5.32 Å². The lowest BCUT2D eigenvalue weighted by atomic mass is 9.99. The van der Waals surface area contributed by atoms with Gasteiger partial charge in [0.15, 0.2) is 0 Å². The number of hydrogen-bond acceptors (Lipinski definition) is 6. The van der Waals surface area contributed by atoms with Crippen LogP contribution in [0.1, 0.15) is 25.3 Å². The first-order valence-electron chi connectivity index (χ1n) is 10.2. The van der Waals surface area contributed by atoms with E-state index in [9.17, 15) is 21.6 Å². The first kappa shape index (κ1) is 24.2. The molecule has 9 nitrogen and oxygen atoms in total. The minimum Gasteiger partial charge on any atom is -0.494 e. The standard InChI is InChI=1S/C21H27N3O6S2/c1-2-30-18-7-11-20(12-8-18)32(28,29)24-13-3-4-17(15-24)21(25)23-14-16-5-9-19(10-6-16)31(22,26)27/h5-12,17H,2-4,13-15H2,1H3,(H,23,25)(H2,22,26,27)/t17-/m1/s1. The summed E-state index contributed by atoms with van der Waals surface area (Å²) in [5.41, 5.74) is 0.709. The number of amides is 1. The van der Waals surface area contributed by atoms with E-state index in [4.69, 9.17) is 9.88 Å². The Labute approximate surface area is 188 Å². The molecule has 0 unspecified atom stereocenters. The van der Waals surface area contributed by atoms with Crippen LogP contribution >= 0.6 is 0 Å². The third-order valence-corrected chi connectivity index (χ3v) is 8.05. The van der Waals surface area contributed by atoms with E-state index in [0.29, 0.717) is 37.3 Å². The largest absolute Gasteiger partial charge is 0.494 e. The average molecular weight is 482 g/mol. The van der Waals surface area contributed by atoms with Gasteiger partial charge in [0, 0.05) is 19.6 Å². The first-order chi connectivity index (χ1) is 15.1. The number of nitrogens with two attached hydrogens (primary N) is 1. The van der Waals surface area contributed by atoms with E-state index in [-0.39, 0.29) is 28.8 Å². The Morgan fingerprint density at radius 2 is 1.69 bits per heavy atom. The zero-order valence-electron chi connectivity index (χ0n) is 17.7. The monoisotopic (exact) mass is 481 g/mol. The second kappa shape index (κ2) is 9.99. The minimum absolute atomic E-state index is 0.00463. The van der Waals surface area contributed by atoms with Crippen molar-refractivity contribution in [3.05, 3.63) is 54.1 Å². The topological polar surface area (TPSA) is 136 Å². The van der Waals surface area contributed by atoms with Crippen molar-refractivity contribution in [1.82, 2.24) is 9.62 Å². The summed E-state index contributed by atoms with van der Waals surface area (Å²) in [6.45, 7) is 3.00. The molecule has 0 radical (unpaired) electrons. The van der Waals surface area contributed by atoms with E-state index < -0.39 is 26.0 Å². The maximum absolute atomic E-state index is 13.0. The molecule has 2 aromatic carbocycles. The second-order valence-corrected chi connectivity index (χ2v) is 11.0. The lowest BCUT2D eigenvalue weighted by molar-refractivity contribution is -0.126. The second-order valence-electron chi connectivity index (χ2n) is 7.51. The van der Waals surface area contributed by atoms with E-state index in [1.807, 2.05) is 6.92 Å². The molecule has 1 saturated heterocycles. The Kier molecular flexibility index (Phi) is 7.55. The van der Waals surface area contributed by atoms with Crippen molar-refractivity contribution < 1.29 is 26.4 Å². The predicted octanol–water partition coefficient (Wildman–Crippen LogP) is 1.45. The molecule has 3 N–H and O–H groups in total. The van der Waals surface area contributed by atoms with Gasteiger partial charge >= 0.3 is 0 Å². The number of carbonyl (C=O) groups excluding carboxylic acids is 1. The molecule has 0 aliphatic carbocycles. The van der Waals surface area contributed by atoms with Crippen molar-refractivity contribution in [1.29, 1.82) is 0 Å². The molecule has 1 atom stereocenters. The highest BCUT2D eigenvalue weighted by Crippen LogP contribution is 2.25. The van der Waals surface area contributed by atoms with Gasteiger partial charge < -0.3 is 10.1 Å². The summed E-state index contributed by atoms with van der Waals surface area (Å²) in [6.07, 6.45) is 1.17. The molecule has 1 heterocycles. The number of rotatable bonds is 8. The quantitative estimate of drug-likeness (QED) is 0.586. The molecule has 1 amide bonds. The molecule has 3 rings (SSSR count). The summed E-state index contributed by atoms with van der Waals surface area (Å²) in [4.78, 5) is 12.8. The third-order valence-electron chi connectivity index (χ3n) is 5.25. The molecular formula is C21H27N3O6S2. The fourth-order valence-corrected chi connectivity index (χ4v) is 5.57. The number of piperidine rings is 1. The Balaban J connectivity index is 1.61. The zero-order chi connectivity index (χ0) is 23.4. The lowest BCUT2D eigenvalue weighted by Crippen LogP contribution is -2.45. The van der Waals surface area contributed by atoms with Crippen LogP contribution in [0.5, 0.6) is 5.75 Å². The fourth-order valence-electron chi connectivity index (χ4n) is 3.53. The molecule has 1 aliphatic heterocycles. The highest BCUT2D eigenvalue weighted by molar-refractivity contribution is 7.89. The SMILES string of the molecule is CCOc1ccc(S(=O)(=O)N2CCC[C@@H](C(=O)NCc3ccc(S(N)(=O)=O)cc3)C2)cc1. The number of sulfonamides is 2. The van der Waals surface area contributed by atoms with Crippen LogP contribution in [0.3, 0.4) is 0 Å². The van der Waals surface area contributed by atoms with Gasteiger partial charge in [-0.1, -0.05) is 12.1 Å². The van der Waals surface area contributed by atoms with Gasteiger partial charge in [0.05, 0.1) is 22.3 Å². The number of benzene rings is 2. The summed E-state index contributed by atoms with van der Waals surface area (Å²) >= 11 is 0. The van der Waals surface area contributed by atoms with Crippen LogP contribution in [0.4, 0.5) is 0 Å². The van der Waals surface area contributed by atoms with Gasteiger partial charge in [0.1, 0.15) is 5.75 Å². The first-order valence-corrected chi connectivity index (χ1v) is 13.2. The summed E-state index contributed by atoms with van der Waals surface area (Å²) in [5.74, 6) is -0.114. The van der Waals surface area contributed by atoms with E-state index in [0.717, 1.165) is 0 Å².